The number of aromatic nitrogens is 1. The predicted molar refractivity (Wildman–Crippen MR) is 82.8 cm³/mol. The first-order chi connectivity index (χ1) is 9.80. The summed E-state index contributed by atoms with van der Waals surface area (Å²) in [5.74, 6) is 0.924. The summed E-state index contributed by atoms with van der Waals surface area (Å²) in [6.07, 6.45) is 6.73. The van der Waals surface area contributed by atoms with Crippen LogP contribution >= 0.6 is 0 Å². The van der Waals surface area contributed by atoms with E-state index in [2.05, 4.69) is 42.9 Å². The number of anilines is 1. The van der Waals surface area contributed by atoms with E-state index in [9.17, 15) is 4.79 Å². The van der Waals surface area contributed by atoms with Crippen LogP contribution in [0.5, 0.6) is 0 Å². The lowest BCUT2D eigenvalue weighted by molar-refractivity contribution is -0.427. The minimum absolute atomic E-state index is 0.0850. The number of amides is 1. The van der Waals surface area contributed by atoms with Crippen LogP contribution in [0.3, 0.4) is 0 Å². The molecule has 4 nitrogen and oxygen atoms in total. The van der Waals surface area contributed by atoms with Crippen LogP contribution in [-0.4, -0.2) is 16.9 Å². The number of hydrogen-bond acceptors (Lipinski definition) is 2. The molecule has 1 spiro atoms. The first-order valence-electron chi connectivity index (χ1n) is 7.94. The van der Waals surface area contributed by atoms with Gasteiger partial charge in [-0.2, -0.15) is 0 Å². The first-order valence-corrected chi connectivity index (χ1v) is 7.94. The van der Waals surface area contributed by atoms with Gasteiger partial charge in [0.25, 0.3) is 0 Å². The summed E-state index contributed by atoms with van der Waals surface area (Å²) < 4.78 is 0. The van der Waals surface area contributed by atoms with E-state index in [0.717, 1.165) is 37.9 Å². The fourth-order valence-corrected chi connectivity index (χ4v) is 3.49. The maximum atomic E-state index is 12.6. The van der Waals surface area contributed by atoms with Gasteiger partial charge >= 0.3 is 0 Å². The molecular weight excluding hydrogens is 262 g/mol. The molecule has 1 aliphatic heterocycles. The van der Waals surface area contributed by atoms with E-state index in [4.69, 9.17) is 0 Å². The summed E-state index contributed by atoms with van der Waals surface area (Å²) in [6, 6.07) is 2.74. The molecule has 0 saturated heterocycles. The zero-order valence-electron chi connectivity index (χ0n) is 13.3. The van der Waals surface area contributed by atoms with Gasteiger partial charge in [-0.15, -0.1) is 0 Å². The summed E-state index contributed by atoms with van der Waals surface area (Å²) in [5, 5.41) is 3.04. The molecule has 4 heteroatoms. The molecule has 1 saturated carbocycles. The molecule has 3 rings (SSSR count). The third-order valence-electron chi connectivity index (χ3n) is 5.14. The number of rotatable bonds is 0. The van der Waals surface area contributed by atoms with Crippen molar-refractivity contribution < 1.29 is 10.5 Å². The van der Waals surface area contributed by atoms with E-state index in [0.29, 0.717) is 6.04 Å². The number of quaternary nitrogens is 1. The second kappa shape index (κ2) is 4.80. The molecule has 0 radical (unpaired) electrons. The second-order valence-corrected chi connectivity index (χ2v) is 7.84. The van der Waals surface area contributed by atoms with Crippen LogP contribution in [0.1, 0.15) is 57.6 Å². The summed E-state index contributed by atoms with van der Waals surface area (Å²) in [4.78, 5) is 17.0. The fourth-order valence-electron chi connectivity index (χ4n) is 3.49. The number of nitrogens with zero attached hydrogens (tertiary/aromatic N) is 1. The van der Waals surface area contributed by atoms with Crippen molar-refractivity contribution in [3.63, 3.8) is 0 Å². The normalized spacial score (nSPS) is 29.1. The molecule has 1 aromatic heterocycles. The van der Waals surface area contributed by atoms with E-state index >= 15 is 0 Å². The molecular formula is C17H26N3O+. The van der Waals surface area contributed by atoms with Gasteiger partial charge in [0.05, 0.1) is 11.5 Å². The van der Waals surface area contributed by atoms with Crippen LogP contribution in [-0.2, 0) is 16.6 Å². The Morgan fingerprint density at radius 1 is 1.33 bits per heavy atom. The van der Waals surface area contributed by atoms with Crippen LogP contribution in [0.15, 0.2) is 12.3 Å². The molecule has 0 unspecified atom stereocenters. The first kappa shape index (κ1) is 14.5. The van der Waals surface area contributed by atoms with E-state index in [-0.39, 0.29) is 16.7 Å². The third-order valence-corrected chi connectivity index (χ3v) is 5.14. The van der Waals surface area contributed by atoms with Gasteiger partial charge < -0.3 is 11.1 Å². The highest BCUT2D eigenvalue weighted by Gasteiger charge is 2.45. The minimum atomic E-state index is -0.223. The van der Waals surface area contributed by atoms with Gasteiger partial charge in [0.15, 0.2) is 0 Å². The zero-order chi connectivity index (χ0) is 15.3. The van der Waals surface area contributed by atoms with Crippen LogP contribution in [0.25, 0.3) is 0 Å². The molecule has 1 aliphatic carbocycles. The Kier molecular flexibility index (Phi) is 3.32. The highest BCUT2D eigenvalue weighted by atomic mass is 16.2. The molecule has 21 heavy (non-hydrogen) atoms. The number of hydrogen-bond donors (Lipinski definition) is 2. The largest absolute Gasteiger partial charge is 0.355 e. The second-order valence-electron chi connectivity index (χ2n) is 7.84. The average molecular weight is 288 g/mol. The van der Waals surface area contributed by atoms with Crippen LogP contribution in [0, 0.1) is 5.41 Å². The zero-order valence-corrected chi connectivity index (χ0v) is 13.3. The van der Waals surface area contributed by atoms with E-state index in [1.54, 1.807) is 0 Å². The lowest BCUT2D eigenvalue weighted by atomic mass is 9.67. The topological polar surface area (TPSA) is 69.6 Å². The van der Waals surface area contributed by atoms with Crippen LogP contribution in [0.2, 0.25) is 0 Å². The van der Waals surface area contributed by atoms with Crippen molar-refractivity contribution in [2.24, 2.45) is 5.41 Å². The van der Waals surface area contributed by atoms with Crippen molar-refractivity contribution in [1.82, 2.24) is 4.98 Å². The summed E-state index contributed by atoms with van der Waals surface area (Å²) in [6.45, 7) is 6.59. The minimum Gasteiger partial charge on any atom is -0.355 e. The standard InChI is InChI=1S/C17H25N3O/c1-16(2,3)12-8-11-9-17(6-4-13(18)5-7-17)15(21)20-14(11)19-10-12/h8,10,13H,4-7,9,18H2,1-3H3,(H,19,20,21)/p+1. The molecule has 114 valence electrons. The quantitative estimate of drug-likeness (QED) is 0.767. The van der Waals surface area contributed by atoms with Crippen molar-refractivity contribution in [1.29, 1.82) is 0 Å². The van der Waals surface area contributed by atoms with Crippen LogP contribution in [0.4, 0.5) is 5.82 Å². The molecule has 1 aromatic rings. The number of nitrogens with one attached hydrogen (secondary N) is 1. The van der Waals surface area contributed by atoms with Crippen LogP contribution < -0.4 is 11.1 Å². The Balaban J connectivity index is 1.94. The average Bonchev–Trinajstić information content (AvgIpc) is 2.42. The highest BCUT2D eigenvalue weighted by Crippen LogP contribution is 2.44. The lowest BCUT2D eigenvalue weighted by Gasteiger charge is -2.40. The van der Waals surface area contributed by atoms with E-state index in [1.165, 1.54) is 11.1 Å². The van der Waals surface area contributed by atoms with Crippen molar-refractivity contribution in [3.8, 4) is 0 Å². The SMILES string of the molecule is CC(C)(C)c1cnc2c(c1)CC1(CCC([NH3+])CC1)C(=O)N2. The lowest BCUT2D eigenvalue weighted by Crippen LogP contribution is -2.63. The third kappa shape index (κ3) is 2.57. The smallest absolute Gasteiger partial charge is 0.232 e. The van der Waals surface area contributed by atoms with Gasteiger partial charge in [-0.3, -0.25) is 4.79 Å². The molecule has 2 heterocycles. The highest BCUT2D eigenvalue weighted by molar-refractivity contribution is 5.97. The number of carbonyl (C=O) groups is 1. The summed E-state index contributed by atoms with van der Waals surface area (Å²) >= 11 is 0. The summed E-state index contributed by atoms with van der Waals surface area (Å²) in [5.41, 5.74) is 6.44. The maximum Gasteiger partial charge on any atom is 0.232 e. The Morgan fingerprint density at radius 2 is 2.00 bits per heavy atom. The fraction of sp³-hybridized carbons (Fsp3) is 0.647. The maximum absolute atomic E-state index is 12.6. The van der Waals surface area contributed by atoms with Crippen molar-refractivity contribution >= 4 is 11.7 Å². The molecule has 4 N–H and O–H groups in total. The molecule has 1 amide bonds. The monoisotopic (exact) mass is 288 g/mol. The Labute approximate surface area is 126 Å². The molecule has 0 bridgehead atoms. The van der Waals surface area contributed by atoms with E-state index in [1.807, 2.05) is 6.20 Å². The molecule has 0 aromatic carbocycles. The van der Waals surface area contributed by atoms with Gasteiger partial charge in [0, 0.05) is 19.0 Å². The Morgan fingerprint density at radius 3 is 2.62 bits per heavy atom. The van der Waals surface area contributed by atoms with Gasteiger partial charge in [0.2, 0.25) is 5.91 Å². The number of carbonyl (C=O) groups excluding carboxylic acids is 1. The predicted octanol–water partition coefficient (Wildman–Crippen LogP) is 2.04. The van der Waals surface area contributed by atoms with Gasteiger partial charge in [0.1, 0.15) is 5.82 Å². The van der Waals surface area contributed by atoms with Crippen molar-refractivity contribution in [2.45, 2.75) is 64.3 Å². The van der Waals surface area contributed by atoms with Crippen molar-refractivity contribution in [2.75, 3.05) is 5.32 Å². The molecule has 0 atom stereocenters. The van der Waals surface area contributed by atoms with E-state index < -0.39 is 0 Å². The van der Waals surface area contributed by atoms with Gasteiger partial charge in [-0.05, 0) is 35.8 Å². The van der Waals surface area contributed by atoms with Gasteiger partial charge in [-0.1, -0.05) is 26.8 Å². The van der Waals surface area contributed by atoms with Crippen molar-refractivity contribution in [3.05, 3.63) is 23.4 Å². The molecule has 2 aliphatic rings. The van der Waals surface area contributed by atoms with Gasteiger partial charge in [-0.25, -0.2) is 4.98 Å². The summed E-state index contributed by atoms with van der Waals surface area (Å²) in [7, 11) is 0. The molecule has 1 fully saturated rings. The number of pyridine rings is 1. The number of fused-ring (bicyclic) bond motifs is 1. The Bertz CT molecular complexity index is 566. The Hall–Kier alpha value is -1.42.